The summed E-state index contributed by atoms with van der Waals surface area (Å²) in [4.78, 5) is 36.3. The van der Waals surface area contributed by atoms with Crippen LogP contribution in [0.5, 0.6) is 11.5 Å². The zero-order chi connectivity index (χ0) is 23.8. The van der Waals surface area contributed by atoms with E-state index >= 15 is 0 Å². The number of carbonyl (C=O) groups is 1. The number of ether oxygens (including phenoxy) is 2. The van der Waals surface area contributed by atoms with Crippen LogP contribution in [0.1, 0.15) is 5.56 Å². The fourth-order valence-electron chi connectivity index (χ4n) is 3.86. The Balaban J connectivity index is 1.32. The number of thioether (sulfide) groups is 1. The van der Waals surface area contributed by atoms with E-state index in [1.165, 1.54) is 23.1 Å². The van der Waals surface area contributed by atoms with E-state index in [9.17, 15) is 9.59 Å². The minimum absolute atomic E-state index is 0.0848. The molecule has 10 heteroatoms. The van der Waals surface area contributed by atoms with Gasteiger partial charge in [0.1, 0.15) is 9.53 Å². The van der Waals surface area contributed by atoms with Crippen molar-refractivity contribution in [2.45, 2.75) is 11.7 Å². The molecule has 35 heavy (non-hydrogen) atoms. The number of aromatic nitrogens is 3. The van der Waals surface area contributed by atoms with Gasteiger partial charge < -0.3 is 14.8 Å². The molecule has 0 atom stereocenters. The molecule has 1 aliphatic rings. The highest BCUT2D eigenvalue weighted by Gasteiger charge is 2.19. The second kappa shape index (κ2) is 9.05. The highest BCUT2D eigenvalue weighted by molar-refractivity contribution is 7.99. The van der Waals surface area contributed by atoms with E-state index in [0.29, 0.717) is 39.1 Å². The first kappa shape index (κ1) is 21.6. The van der Waals surface area contributed by atoms with Gasteiger partial charge in [0.05, 0.1) is 17.8 Å². The van der Waals surface area contributed by atoms with Crippen molar-refractivity contribution in [1.82, 2.24) is 14.5 Å². The number of benzene rings is 2. The molecule has 6 rings (SSSR count). The number of thiophene rings is 1. The summed E-state index contributed by atoms with van der Waals surface area (Å²) in [6.07, 6.45) is 1.70. The number of anilines is 1. The molecule has 0 spiro atoms. The monoisotopic (exact) mass is 502 g/mol. The predicted molar refractivity (Wildman–Crippen MR) is 137 cm³/mol. The summed E-state index contributed by atoms with van der Waals surface area (Å²) in [6, 6.07) is 18.7. The van der Waals surface area contributed by atoms with Crippen molar-refractivity contribution >= 4 is 55.1 Å². The van der Waals surface area contributed by atoms with Gasteiger partial charge in [0.25, 0.3) is 5.56 Å². The largest absolute Gasteiger partial charge is 0.454 e. The van der Waals surface area contributed by atoms with Crippen LogP contribution < -0.4 is 20.3 Å². The number of hydrogen-bond acceptors (Lipinski definition) is 8. The Morgan fingerprint density at radius 3 is 2.83 bits per heavy atom. The standard InChI is InChI=1S/C25H18N4O4S2/c30-20(27-16-8-9-18-19(11-16)33-14-32-18)13-34-25-28-21-17-7-4-10-26-23(17)35-22(21)24(31)29(25)12-15-5-2-1-3-6-15/h1-11H,12-14H2,(H,27,30). The molecule has 0 saturated carbocycles. The van der Waals surface area contributed by atoms with Crippen LogP contribution >= 0.6 is 23.1 Å². The first-order chi connectivity index (χ1) is 17.2. The van der Waals surface area contributed by atoms with Gasteiger partial charge in [-0.1, -0.05) is 42.1 Å². The van der Waals surface area contributed by atoms with Crippen molar-refractivity contribution < 1.29 is 14.3 Å². The first-order valence-electron chi connectivity index (χ1n) is 10.8. The van der Waals surface area contributed by atoms with Gasteiger partial charge in [0.15, 0.2) is 16.7 Å². The summed E-state index contributed by atoms with van der Waals surface area (Å²) in [5, 5.41) is 4.19. The third-order valence-electron chi connectivity index (χ3n) is 5.49. The normalized spacial score (nSPS) is 12.3. The number of carbonyl (C=O) groups excluding carboxylic acids is 1. The van der Waals surface area contributed by atoms with Crippen molar-refractivity contribution in [3.8, 4) is 11.5 Å². The fraction of sp³-hybridized carbons (Fsp3) is 0.120. The van der Waals surface area contributed by atoms with E-state index in [2.05, 4.69) is 10.3 Å². The Labute approximate surface area is 207 Å². The second-order valence-corrected chi connectivity index (χ2v) is 9.75. The van der Waals surface area contributed by atoms with Crippen LogP contribution in [-0.2, 0) is 11.3 Å². The van der Waals surface area contributed by atoms with Crippen molar-refractivity contribution in [3.63, 3.8) is 0 Å². The topological polar surface area (TPSA) is 95.3 Å². The van der Waals surface area contributed by atoms with Gasteiger partial charge in [-0.25, -0.2) is 9.97 Å². The third kappa shape index (κ3) is 4.22. The highest BCUT2D eigenvalue weighted by atomic mass is 32.2. The summed E-state index contributed by atoms with van der Waals surface area (Å²) in [5.74, 6) is 1.11. The Hall–Kier alpha value is -3.89. The molecular weight excluding hydrogens is 484 g/mol. The van der Waals surface area contributed by atoms with E-state index in [4.69, 9.17) is 14.5 Å². The zero-order valence-corrected chi connectivity index (χ0v) is 19.9. The molecule has 2 aromatic carbocycles. The van der Waals surface area contributed by atoms with Crippen LogP contribution in [0.2, 0.25) is 0 Å². The summed E-state index contributed by atoms with van der Waals surface area (Å²) in [7, 11) is 0. The molecule has 0 fully saturated rings. The maximum atomic E-state index is 13.5. The Bertz CT molecular complexity index is 1630. The lowest BCUT2D eigenvalue weighted by Gasteiger charge is -2.12. The molecule has 0 aliphatic carbocycles. The molecule has 8 nitrogen and oxygen atoms in total. The fourth-order valence-corrected chi connectivity index (χ4v) is 5.68. The number of nitrogens with one attached hydrogen (secondary N) is 1. The quantitative estimate of drug-likeness (QED) is 0.270. The van der Waals surface area contributed by atoms with E-state index < -0.39 is 0 Å². The molecule has 1 N–H and O–H groups in total. The van der Waals surface area contributed by atoms with Crippen LogP contribution in [0, 0.1) is 0 Å². The highest BCUT2D eigenvalue weighted by Crippen LogP contribution is 2.34. The molecule has 0 radical (unpaired) electrons. The minimum Gasteiger partial charge on any atom is -0.454 e. The molecule has 0 unspecified atom stereocenters. The summed E-state index contributed by atoms with van der Waals surface area (Å²) in [5.41, 5.74) is 2.06. The lowest BCUT2D eigenvalue weighted by Crippen LogP contribution is -2.24. The molecule has 174 valence electrons. The molecule has 1 amide bonds. The Morgan fingerprint density at radius 2 is 1.94 bits per heavy atom. The van der Waals surface area contributed by atoms with Crippen molar-refractivity contribution in [1.29, 1.82) is 0 Å². The summed E-state index contributed by atoms with van der Waals surface area (Å²) in [6.45, 7) is 0.527. The Morgan fingerprint density at radius 1 is 1.09 bits per heavy atom. The van der Waals surface area contributed by atoms with E-state index in [1.54, 1.807) is 29.0 Å². The number of hydrogen-bond donors (Lipinski definition) is 1. The number of nitrogens with zero attached hydrogens (tertiary/aromatic N) is 3. The Kier molecular flexibility index (Phi) is 5.59. The molecule has 5 aromatic rings. The zero-order valence-electron chi connectivity index (χ0n) is 18.3. The second-order valence-electron chi connectivity index (χ2n) is 7.81. The summed E-state index contributed by atoms with van der Waals surface area (Å²) < 4.78 is 12.9. The van der Waals surface area contributed by atoms with Crippen molar-refractivity contribution in [3.05, 3.63) is 82.8 Å². The van der Waals surface area contributed by atoms with Gasteiger partial charge in [0, 0.05) is 23.3 Å². The van der Waals surface area contributed by atoms with Gasteiger partial charge in [-0.2, -0.15) is 0 Å². The van der Waals surface area contributed by atoms with Gasteiger partial charge in [0.2, 0.25) is 12.7 Å². The molecule has 1 aliphatic heterocycles. The average Bonchev–Trinajstić information content (AvgIpc) is 3.50. The average molecular weight is 503 g/mol. The van der Waals surface area contributed by atoms with Crippen LogP contribution in [0.4, 0.5) is 5.69 Å². The lowest BCUT2D eigenvalue weighted by molar-refractivity contribution is -0.113. The van der Waals surface area contributed by atoms with E-state index in [0.717, 1.165) is 15.8 Å². The van der Waals surface area contributed by atoms with E-state index in [1.807, 2.05) is 42.5 Å². The summed E-state index contributed by atoms with van der Waals surface area (Å²) >= 11 is 2.57. The molecule has 0 bridgehead atoms. The number of pyridine rings is 1. The smallest absolute Gasteiger partial charge is 0.272 e. The van der Waals surface area contributed by atoms with Gasteiger partial charge in [-0.3, -0.25) is 14.2 Å². The van der Waals surface area contributed by atoms with E-state index in [-0.39, 0.29) is 24.0 Å². The first-order valence-corrected chi connectivity index (χ1v) is 12.6. The maximum Gasteiger partial charge on any atom is 0.272 e. The van der Waals surface area contributed by atoms with Crippen molar-refractivity contribution in [2.75, 3.05) is 17.9 Å². The molecular formula is C25H18N4O4S2. The lowest BCUT2D eigenvalue weighted by atomic mass is 10.2. The maximum absolute atomic E-state index is 13.5. The van der Waals surface area contributed by atoms with Gasteiger partial charge in [-0.05, 0) is 29.8 Å². The predicted octanol–water partition coefficient (Wildman–Crippen LogP) is 4.51. The number of amides is 1. The number of rotatable bonds is 6. The number of fused-ring (bicyclic) bond motifs is 4. The van der Waals surface area contributed by atoms with Crippen LogP contribution in [0.3, 0.4) is 0 Å². The third-order valence-corrected chi connectivity index (χ3v) is 7.56. The molecule has 0 saturated heterocycles. The van der Waals surface area contributed by atoms with Crippen LogP contribution in [-0.4, -0.2) is 33.0 Å². The SMILES string of the molecule is O=C(CSc1nc2c(sc3ncccc32)c(=O)n1Cc1ccccc1)Nc1ccc2c(c1)OCO2. The minimum atomic E-state index is -0.216. The molecule has 3 aromatic heterocycles. The van der Waals surface area contributed by atoms with Gasteiger partial charge >= 0.3 is 0 Å². The van der Waals surface area contributed by atoms with Crippen LogP contribution in [0.25, 0.3) is 20.4 Å². The molecule has 4 heterocycles. The van der Waals surface area contributed by atoms with Crippen molar-refractivity contribution in [2.24, 2.45) is 0 Å². The van der Waals surface area contributed by atoms with Gasteiger partial charge in [-0.15, -0.1) is 11.3 Å². The van der Waals surface area contributed by atoms with Crippen LogP contribution in [0.15, 0.2) is 76.8 Å².